The topological polar surface area (TPSA) is 26.3 Å². The van der Waals surface area contributed by atoms with Gasteiger partial charge in [-0.3, -0.25) is 4.79 Å². The van der Waals surface area contributed by atoms with E-state index in [-0.39, 0.29) is 5.60 Å². The fourth-order valence-electron chi connectivity index (χ4n) is 4.08. The van der Waals surface area contributed by atoms with E-state index < -0.39 is 0 Å². The Morgan fingerprint density at radius 1 is 0.885 bits per heavy atom. The van der Waals surface area contributed by atoms with E-state index in [1.165, 1.54) is 81.8 Å². The van der Waals surface area contributed by atoms with Crippen molar-refractivity contribution >= 4 is 6.47 Å². The molecule has 2 nitrogen and oxygen atoms in total. The summed E-state index contributed by atoms with van der Waals surface area (Å²) in [7, 11) is 0. The van der Waals surface area contributed by atoms with Gasteiger partial charge in [0.05, 0.1) is 0 Å². The first-order chi connectivity index (χ1) is 12.6. The molecule has 26 heavy (non-hydrogen) atoms. The Kier molecular flexibility index (Phi) is 6.78. The summed E-state index contributed by atoms with van der Waals surface area (Å²) in [5.74, 6) is 0. The summed E-state index contributed by atoms with van der Waals surface area (Å²) < 4.78 is 5.22. The number of hydrogen-bond donors (Lipinski definition) is 0. The Labute approximate surface area is 159 Å². The third kappa shape index (κ3) is 6.45. The largest absolute Gasteiger partial charge is 0.461 e. The number of carbonyl (C=O) groups is 1. The summed E-state index contributed by atoms with van der Waals surface area (Å²) in [6.45, 7) is 3.07. The van der Waals surface area contributed by atoms with E-state index in [2.05, 4.69) is 31.2 Å². The lowest BCUT2D eigenvalue weighted by Gasteiger charge is -2.12. The number of unbranched alkanes of at least 4 members (excludes halogenated alkanes) is 4. The molecule has 0 radical (unpaired) electrons. The fraction of sp³-hybridized carbons (Fsp3) is 0.708. The van der Waals surface area contributed by atoms with Crippen LogP contribution in [0.15, 0.2) is 24.3 Å². The Balaban J connectivity index is 1.26. The summed E-state index contributed by atoms with van der Waals surface area (Å²) >= 11 is 0. The van der Waals surface area contributed by atoms with Gasteiger partial charge in [-0.2, -0.15) is 0 Å². The van der Waals surface area contributed by atoms with Crippen LogP contribution in [0.1, 0.15) is 95.1 Å². The number of hydrogen-bond acceptors (Lipinski definition) is 2. The van der Waals surface area contributed by atoms with E-state index in [1.54, 1.807) is 0 Å². The minimum atomic E-state index is -0.0708. The monoisotopic (exact) mass is 356 g/mol. The number of benzene rings is 1. The van der Waals surface area contributed by atoms with Gasteiger partial charge in [-0.25, -0.2) is 0 Å². The van der Waals surface area contributed by atoms with Gasteiger partial charge in [-0.1, -0.05) is 50.5 Å². The minimum absolute atomic E-state index is 0.0708. The third-order valence-corrected chi connectivity index (χ3v) is 6.54. The van der Waals surface area contributed by atoms with Gasteiger partial charge in [0, 0.05) is 0 Å². The minimum Gasteiger partial charge on any atom is -0.461 e. The summed E-state index contributed by atoms with van der Waals surface area (Å²) in [6.07, 6.45) is 17.7. The average molecular weight is 357 g/mol. The molecule has 0 unspecified atom stereocenters. The normalized spacial score (nSPS) is 19.1. The van der Waals surface area contributed by atoms with Crippen molar-refractivity contribution in [2.24, 2.45) is 5.41 Å². The van der Waals surface area contributed by atoms with Crippen LogP contribution in [0.2, 0.25) is 0 Å². The van der Waals surface area contributed by atoms with Crippen molar-refractivity contribution in [2.45, 2.75) is 102 Å². The average Bonchev–Trinajstić information content (AvgIpc) is 3.55. The lowest BCUT2D eigenvalue weighted by Crippen LogP contribution is -2.12. The quantitative estimate of drug-likeness (QED) is 0.285. The van der Waals surface area contributed by atoms with Crippen molar-refractivity contribution in [1.29, 1.82) is 0 Å². The maximum absolute atomic E-state index is 10.5. The van der Waals surface area contributed by atoms with E-state index >= 15 is 0 Å². The molecular weight excluding hydrogens is 320 g/mol. The molecule has 0 amide bonds. The lowest BCUT2D eigenvalue weighted by molar-refractivity contribution is -0.135. The highest BCUT2D eigenvalue weighted by Crippen LogP contribution is 2.49. The molecule has 3 rings (SSSR count). The van der Waals surface area contributed by atoms with E-state index in [0.29, 0.717) is 6.47 Å². The van der Waals surface area contributed by atoms with Gasteiger partial charge in [0.25, 0.3) is 6.47 Å². The maximum Gasteiger partial charge on any atom is 0.293 e. The van der Waals surface area contributed by atoms with Crippen molar-refractivity contribution in [3.8, 4) is 0 Å². The third-order valence-electron chi connectivity index (χ3n) is 6.54. The number of aryl methyl sites for hydroxylation is 2. The van der Waals surface area contributed by atoms with Crippen LogP contribution in [-0.4, -0.2) is 12.1 Å². The molecule has 0 aromatic heterocycles. The van der Waals surface area contributed by atoms with Crippen LogP contribution in [0.25, 0.3) is 0 Å². The summed E-state index contributed by atoms with van der Waals surface area (Å²) in [5, 5.41) is 0. The first-order valence-electron chi connectivity index (χ1n) is 10.8. The molecule has 0 heterocycles. The number of rotatable bonds is 14. The summed E-state index contributed by atoms with van der Waals surface area (Å²) in [6, 6.07) is 9.21. The lowest BCUT2D eigenvalue weighted by atomic mass is 9.98. The fourth-order valence-corrected chi connectivity index (χ4v) is 4.08. The molecule has 0 saturated heterocycles. The SMILES string of the molecule is CC1(CCCCCc2cccc(CCCCCC3(OC=O)CC3)c2)CC1. The zero-order valence-electron chi connectivity index (χ0n) is 16.6. The molecule has 0 spiro atoms. The molecule has 0 atom stereocenters. The van der Waals surface area contributed by atoms with Crippen LogP contribution in [0.3, 0.4) is 0 Å². The van der Waals surface area contributed by atoms with Crippen LogP contribution in [0.5, 0.6) is 0 Å². The molecule has 1 aromatic carbocycles. The second kappa shape index (κ2) is 9.06. The highest BCUT2D eigenvalue weighted by molar-refractivity contribution is 5.39. The van der Waals surface area contributed by atoms with Gasteiger partial charge < -0.3 is 4.74 Å². The molecule has 1 aromatic rings. The standard InChI is InChI=1S/C24H36O2/c1-23(15-16-23)13-6-2-4-9-21-11-8-12-22(19-21)10-5-3-7-14-24(17-18-24)26-20-25/h8,11-12,19-20H,2-7,9-10,13-18H2,1H3. The second-order valence-electron chi connectivity index (χ2n) is 9.15. The van der Waals surface area contributed by atoms with E-state index in [1.807, 2.05) is 0 Å². The smallest absolute Gasteiger partial charge is 0.293 e. The van der Waals surface area contributed by atoms with Gasteiger partial charge in [0.2, 0.25) is 0 Å². The predicted molar refractivity (Wildman–Crippen MR) is 107 cm³/mol. The van der Waals surface area contributed by atoms with Crippen LogP contribution in [-0.2, 0) is 22.4 Å². The van der Waals surface area contributed by atoms with Crippen molar-refractivity contribution in [2.75, 3.05) is 0 Å². The molecule has 2 aliphatic carbocycles. The molecule has 0 bridgehead atoms. The Morgan fingerprint density at radius 2 is 1.50 bits per heavy atom. The summed E-state index contributed by atoms with van der Waals surface area (Å²) in [5.41, 5.74) is 3.64. The van der Waals surface area contributed by atoms with Crippen LogP contribution in [0.4, 0.5) is 0 Å². The Bertz CT molecular complexity index is 569. The molecule has 144 valence electrons. The van der Waals surface area contributed by atoms with Crippen LogP contribution >= 0.6 is 0 Å². The van der Waals surface area contributed by atoms with Gasteiger partial charge in [0.15, 0.2) is 0 Å². The molecular formula is C24H36O2. The molecule has 2 heteroatoms. The molecule has 0 N–H and O–H groups in total. The van der Waals surface area contributed by atoms with E-state index in [0.717, 1.165) is 24.7 Å². The Morgan fingerprint density at radius 3 is 2.04 bits per heavy atom. The van der Waals surface area contributed by atoms with Crippen molar-refractivity contribution in [3.05, 3.63) is 35.4 Å². The van der Waals surface area contributed by atoms with Gasteiger partial charge in [-0.15, -0.1) is 0 Å². The predicted octanol–water partition coefficient (Wildman–Crippen LogP) is 6.40. The molecule has 2 saturated carbocycles. The van der Waals surface area contributed by atoms with Crippen LogP contribution in [0, 0.1) is 5.41 Å². The second-order valence-corrected chi connectivity index (χ2v) is 9.15. The zero-order chi connectivity index (χ0) is 18.3. The zero-order valence-corrected chi connectivity index (χ0v) is 16.6. The van der Waals surface area contributed by atoms with Crippen LogP contribution < -0.4 is 0 Å². The number of carbonyl (C=O) groups excluding carboxylic acids is 1. The first kappa shape index (κ1) is 19.5. The van der Waals surface area contributed by atoms with Crippen molar-refractivity contribution in [3.63, 3.8) is 0 Å². The Hall–Kier alpha value is -1.31. The first-order valence-corrected chi connectivity index (χ1v) is 10.8. The molecule has 2 fully saturated rings. The number of ether oxygens (including phenoxy) is 1. The maximum atomic E-state index is 10.5. The van der Waals surface area contributed by atoms with Crippen molar-refractivity contribution < 1.29 is 9.53 Å². The van der Waals surface area contributed by atoms with Gasteiger partial charge >= 0.3 is 0 Å². The highest BCUT2D eigenvalue weighted by Gasteiger charge is 2.44. The van der Waals surface area contributed by atoms with Gasteiger partial charge in [0.1, 0.15) is 5.60 Å². The molecule has 2 aliphatic rings. The van der Waals surface area contributed by atoms with E-state index in [4.69, 9.17) is 4.74 Å². The summed E-state index contributed by atoms with van der Waals surface area (Å²) in [4.78, 5) is 10.5. The highest BCUT2D eigenvalue weighted by atomic mass is 16.5. The molecule has 0 aliphatic heterocycles. The van der Waals surface area contributed by atoms with Gasteiger partial charge in [-0.05, 0) is 87.2 Å². The van der Waals surface area contributed by atoms with Crippen molar-refractivity contribution in [1.82, 2.24) is 0 Å². The van der Waals surface area contributed by atoms with E-state index in [9.17, 15) is 4.79 Å².